The van der Waals surface area contributed by atoms with E-state index in [4.69, 9.17) is 15.7 Å². The standard InChI is InChI=1S/C13H16N2O4S2/c1-3-19-13(17)11-9(8(6-14)12(15)21-11)7-20-5-4-10(16)18-2/h3-5,7,15H2,1-2H3. The van der Waals surface area contributed by atoms with Gasteiger partial charge in [-0.25, -0.2) is 4.79 Å². The number of nitrogens with two attached hydrogens (primary N) is 1. The van der Waals surface area contributed by atoms with Gasteiger partial charge in [0.2, 0.25) is 0 Å². The Kier molecular flexibility index (Phi) is 7.05. The van der Waals surface area contributed by atoms with Gasteiger partial charge in [0.1, 0.15) is 15.9 Å². The third kappa shape index (κ3) is 4.65. The van der Waals surface area contributed by atoms with Gasteiger partial charge in [0, 0.05) is 17.1 Å². The van der Waals surface area contributed by atoms with E-state index >= 15 is 0 Å². The summed E-state index contributed by atoms with van der Waals surface area (Å²) in [6.07, 6.45) is 0.275. The maximum Gasteiger partial charge on any atom is 0.348 e. The van der Waals surface area contributed by atoms with Crippen LogP contribution in [0.5, 0.6) is 0 Å². The van der Waals surface area contributed by atoms with E-state index in [1.165, 1.54) is 18.9 Å². The molecule has 0 aliphatic rings. The number of anilines is 1. The topological polar surface area (TPSA) is 102 Å². The first-order valence-electron chi connectivity index (χ1n) is 6.18. The maximum atomic E-state index is 11.9. The summed E-state index contributed by atoms with van der Waals surface area (Å²) in [5, 5.41) is 9.46. The molecule has 0 radical (unpaired) electrons. The average molecular weight is 328 g/mol. The summed E-state index contributed by atoms with van der Waals surface area (Å²) in [6, 6.07) is 2.01. The first-order chi connectivity index (χ1) is 10.0. The van der Waals surface area contributed by atoms with E-state index in [0.29, 0.717) is 32.5 Å². The number of carbonyl (C=O) groups excluding carboxylic acids is 2. The third-order valence-electron chi connectivity index (χ3n) is 2.53. The highest BCUT2D eigenvalue weighted by Gasteiger charge is 2.22. The number of ether oxygens (including phenoxy) is 2. The molecule has 0 unspecified atom stereocenters. The van der Waals surface area contributed by atoms with Crippen LogP contribution in [0.15, 0.2) is 0 Å². The zero-order chi connectivity index (χ0) is 15.8. The lowest BCUT2D eigenvalue weighted by molar-refractivity contribution is -0.140. The highest BCUT2D eigenvalue weighted by molar-refractivity contribution is 7.98. The zero-order valence-corrected chi connectivity index (χ0v) is 13.4. The minimum absolute atomic E-state index is 0.257. The van der Waals surface area contributed by atoms with Gasteiger partial charge in [0.15, 0.2) is 0 Å². The summed E-state index contributed by atoms with van der Waals surface area (Å²) in [4.78, 5) is 23.3. The minimum Gasteiger partial charge on any atom is -0.469 e. The van der Waals surface area contributed by atoms with Crippen LogP contribution in [0.25, 0.3) is 0 Å². The summed E-state index contributed by atoms with van der Waals surface area (Å²) in [5.41, 5.74) is 6.66. The Hall–Kier alpha value is -1.72. The van der Waals surface area contributed by atoms with E-state index < -0.39 is 5.97 Å². The number of thioether (sulfide) groups is 1. The first-order valence-corrected chi connectivity index (χ1v) is 8.15. The smallest absolute Gasteiger partial charge is 0.348 e. The van der Waals surface area contributed by atoms with Gasteiger partial charge in [0.05, 0.1) is 25.7 Å². The van der Waals surface area contributed by atoms with Crippen molar-refractivity contribution in [2.75, 3.05) is 25.2 Å². The number of nitrogen functional groups attached to an aromatic ring is 1. The summed E-state index contributed by atoms with van der Waals surface area (Å²) in [6.45, 7) is 1.97. The second-order valence-corrected chi connectivity index (χ2v) is 6.02. The Bertz CT molecular complexity index is 563. The number of nitriles is 1. The lowest BCUT2D eigenvalue weighted by Crippen LogP contribution is -2.06. The summed E-state index contributed by atoms with van der Waals surface area (Å²) in [5.74, 6) is 0.190. The fourth-order valence-corrected chi connectivity index (χ4v) is 3.51. The number of hydrogen-bond acceptors (Lipinski definition) is 8. The Morgan fingerprint density at radius 2 is 2.19 bits per heavy atom. The second kappa shape index (κ2) is 8.54. The van der Waals surface area contributed by atoms with Crippen molar-refractivity contribution in [2.24, 2.45) is 0 Å². The number of thiophene rings is 1. The molecule has 0 saturated carbocycles. The van der Waals surface area contributed by atoms with Crippen LogP contribution in [0, 0.1) is 11.3 Å². The number of carbonyl (C=O) groups is 2. The summed E-state index contributed by atoms with van der Waals surface area (Å²) >= 11 is 2.49. The predicted octanol–water partition coefficient (Wildman–Crippen LogP) is 2.17. The molecule has 1 rings (SSSR count). The number of esters is 2. The fourth-order valence-electron chi connectivity index (χ4n) is 1.54. The van der Waals surface area contributed by atoms with Gasteiger partial charge in [-0.3, -0.25) is 4.79 Å². The van der Waals surface area contributed by atoms with Gasteiger partial charge < -0.3 is 15.2 Å². The fraction of sp³-hybridized carbons (Fsp3) is 0.462. The zero-order valence-electron chi connectivity index (χ0n) is 11.8. The molecule has 0 atom stereocenters. The van der Waals surface area contributed by atoms with E-state index in [2.05, 4.69) is 4.74 Å². The molecule has 1 aromatic rings. The molecule has 0 amide bonds. The van der Waals surface area contributed by atoms with Crippen LogP contribution >= 0.6 is 23.1 Å². The Balaban J connectivity index is 2.81. The summed E-state index contributed by atoms with van der Waals surface area (Å²) in [7, 11) is 1.33. The van der Waals surface area contributed by atoms with Crippen LogP contribution < -0.4 is 5.73 Å². The number of hydrogen-bond donors (Lipinski definition) is 1. The molecule has 0 fully saturated rings. The molecule has 8 heteroatoms. The highest BCUT2D eigenvalue weighted by Crippen LogP contribution is 2.33. The monoisotopic (exact) mass is 328 g/mol. The molecular formula is C13H16N2O4S2. The van der Waals surface area contributed by atoms with Crippen molar-refractivity contribution in [2.45, 2.75) is 19.1 Å². The van der Waals surface area contributed by atoms with Crippen molar-refractivity contribution < 1.29 is 19.1 Å². The molecular weight excluding hydrogens is 312 g/mol. The number of nitrogens with zero attached hydrogens (tertiary/aromatic N) is 1. The van der Waals surface area contributed by atoms with Crippen LogP contribution in [0.3, 0.4) is 0 Å². The Labute approximate surface area is 131 Å². The highest BCUT2D eigenvalue weighted by atomic mass is 32.2. The molecule has 2 N–H and O–H groups in total. The van der Waals surface area contributed by atoms with Gasteiger partial charge >= 0.3 is 11.9 Å². The SMILES string of the molecule is CCOC(=O)c1sc(N)c(C#N)c1CSCCC(=O)OC. The second-order valence-electron chi connectivity index (χ2n) is 3.86. The van der Waals surface area contributed by atoms with E-state index in [1.807, 2.05) is 6.07 Å². The molecule has 0 spiro atoms. The van der Waals surface area contributed by atoms with Crippen molar-refractivity contribution in [3.63, 3.8) is 0 Å². The van der Waals surface area contributed by atoms with E-state index in [1.54, 1.807) is 6.92 Å². The quantitative estimate of drug-likeness (QED) is 0.604. The van der Waals surface area contributed by atoms with Crippen molar-refractivity contribution in [3.8, 4) is 6.07 Å². The molecule has 0 bridgehead atoms. The van der Waals surface area contributed by atoms with Crippen LogP contribution in [0.2, 0.25) is 0 Å². The van der Waals surface area contributed by atoms with Gasteiger partial charge in [-0.2, -0.15) is 17.0 Å². The molecule has 0 aliphatic heterocycles. The van der Waals surface area contributed by atoms with Crippen molar-refractivity contribution in [1.29, 1.82) is 5.26 Å². The minimum atomic E-state index is -0.473. The van der Waals surface area contributed by atoms with Crippen LogP contribution in [-0.2, 0) is 20.0 Å². The van der Waals surface area contributed by atoms with Crippen LogP contribution in [0.4, 0.5) is 5.00 Å². The van der Waals surface area contributed by atoms with Crippen LogP contribution in [-0.4, -0.2) is 31.4 Å². The van der Waals surface area contributed by atoms with Gasteiger partial charge in [-0.1, -0.05) is 0 Å². The number of methoxy groups -OCH3 is 1. The van der Waals surface area contributed by atoms with Gasteiger partial charge in [0.25, 0.3) is 0 Å². The molecule has 1 aromatic heterocycles. The van der Waals surface area contributed by atoms with E-state index in [9.17, 15) is 9.59 Å². The van der Waals surface area contributed by atoms with Crippen LogP contribution in [0.1, 0.15) is 34.1 Å². The Morgan fingerprint density at radius 3 is 2.76 bits per heavy atom. The van der Waals surface area contributed by atoms with E-state index in [-0.39, 0.29) is 19.0 Å². The molecule has 1 heterocycles. The normalized spacial score (nSPS) is 9.95. The summed E-state index contributed by atoms with van der Waals surface area (Å²) < 4.78 is 9.52. The average Bonchev–Trinajstić information content (AvgIpc) is 2.79. The number of rotatable bonds is 7. The Morgan fingerprint density at radius 1 is 1.48 bits per heavy atom. The van der Waals surface area contributed by atoms with Crippen molar-refractivity contribution in [3.05, 3.63) is 16.0 Å². The third-order valence-corrected chi connectivity index (χ3v) is 4.56. The molecule has 0 aromatic carbocycles. The molecule has 0 aliphatic carbocycles. The lowest BCUT2D eigenvalue weighted by atomic mass is 10.2. The van der Waals surface area contributed by atoms with Crippen molar-refractivity contribution >= 4 is 40.0 Å². The maximum absolute atomic E-state index is 11.9. The van der Waals surface area contributed by atoms with Gasteiger partial charge in [-0.15, -0.1) is 11.3 Å². The molecule has 0 saturated heterocycles. The van der Waals surface area contributed by atoms with Gasteiger partial charge in [-0.05, 0) is 6.92 Å². The lowest BCUT2D eigenvalue weighted by Gasteiger charge is -2.04. The first kappa shape index (κ1) is 17.3. The predicted molar refractivity (Wildman–Crippen MR) is 82.2 cm³/mol. The largest absolute Gasteiger partial charge is 0.469 e. The molecule has 21 heavy (non-hydrogen) atoms. The molecule has 6 nitrogen and oxygen atoms in total. The van der Waals surface area contributed by atoms with Crippen molar-refractivity contribution in [1.82, 2.24) is 0 Å². The van der Waals surface area contributed by atoms with E-state index in [0.717, 1.165) is 11.3 Å². The molecule has 114 valence electrons.